The van der Waals surface area contributed by atoms with Crippen LogP contribution in [0.3, 0.4) is 0 Å². The molecule has 2 rings (SSSR count). The van der Waals surface area contributed by atoms with E-state index in [1.54, 1.807) is 0 Å². The van der Waals surface area contributed by atoms with E-state index in [-0.39, 0.29) is 12.2 Å². The molecular formula is C16H16ClNO3. The van der Waals surface area contributed by atoms with Crippen LogP contribution in [0.4, 0.5) is 5.69 Å². The van der Waals surface area contributed by atoms with Crippen LogP contribution in [-0.2, 0) is 11.3 Å². The van der Waals surface area contributed by atoms with Gasteiger partial charge in [-0.1, -0.05) is 41.4 Å². The number of nitrogens with two attached hydrogens (primary N) is 1. The average Bonchev–Trinajstić information content (AvgIpc) is 2.47. The normalized spacial score (nSPS) is 10.2. The van der Waals surface area contributed by atoms with E-state index >= 15 is 0 Å². The third-order valence-electron chi connectivity index (χ3n) is 2.99. The highest BCUT2D eigenvalue weighted by Gasteiger charge is 2.16. The smallest absolute Gasteiger partial charge is 0.342 e. The predicted octanol–water partition coefficient (Wildman–Crippen LogP) is 3.60. The number of rotatable bonds is 4. The van der Waals surface area contributed by atoms with Crippen LogP contribution in [0.15, 0.2) is 36.4 Å². The largest absolute Gasteiger partial charge is 0.496 e. The Kier molecular flexibility index (Phi) is 4.70. The minimum atomic E-state index is -0.504. The molecular weight excluding hydrogens is 290 g/mol. The van der Waals surface area contributed by atoms with E-state index in [0.717, 1.165) is 11.1 Å². The Morgan fingerprint density at radius 2 is 2.05 bits per heavy atom. The van der Waals surface area contributed by atoms with Crippen LogP contribution in [-0.4, -0.2) is 13.1 Å². The highest BCUT2D eigenvalue weighted by molar-refractivity contribution is 6.33. The van der Waals surface area contributed by atoms with Crippen molar-refractivity contribution in [1.29, 1.82) is 0 Å². The van der Waals surface area contributed by atoms with Gasteiger partial charge in [0.1, 0.15) is 17.9 Å². The van der Waals surface area contributed by atoms with Gasteiger partial charge in [0.15, 0.2) is 0 Å². The van der Waals surface area contributed by atoms with E-state index in [1.807, 2.05) is 31.2 Å². The van der Waals surface area contributed by atoms with Gasteiger partial charge in [0.05, 0.1) is 17.8 Å². The summed E-state index contributed by atoms with van der Waals surface area (Å²) in [5, 5.41) is 0.290. The van der Waals surface area contributed by atoms with Gasteiger partial charge >= 0.3 is 5.97 Å². The van der Waals surface area contributed by atoms with Crippen molar-refractivity contribution in [2.75, 3.05) is 12.8 Å². The number of halogens is 1. The molecule has 21 heavy (non-hydrogen) atoms. The summed E-state index contributed by atoms with van der Waals surface area (Å²) >= 11 is 5.94. The SMILES string of the molecule is COc1cc(N)c(Cl)cc1C(=O)OCc1cccc(C)c1. The summed E-state index contributed by atoms with van der Waals surface area (Å²) in [6.45, 7) is 2.17. The maximum atomic E-state index is 12.1. The lowest BCUT2D eigenvalue weighted by atomic mass is 10.1. The van der Waals surface area contributed by atoms with Crippen LogP contribution >= 0.6 is 11.6 Å². The third-order valence-corrected chi connectivity index (χ3v) is 3.32. The molecule has 5 heteroatoms. The molecule has 0 fully saturated rings. The van der Waals surface area contributed by atoms with Crippen LogP contribution in [0.25, 0.3) is 0 Å². The van der Waals surface area contributed by atoms with Crippen molar-refractivity contribution >= 4 is 23.3 Å². The Hall–Kier alpha value is -2.20. The first kappa shape index (κ1) is 15.2. The van der Waals surface area contributed by atoms with E-state index in [4.69, 9.17) is 26.8 Å². The first-order valence-corrected chi connectivity index (χ1v) is 6.74. The van der Waals surface area contributed by atoms with Crippen LogP contribution in [0.2, 0.25) is 5.02 Å². The van der Waals surface area contributed by atoms with E-state index in [1.165, 1.54) is 19.2 Å². The molecule has 2 aromatic rings. The first-order chi connectivity index (χ1) is 10.0. The minimum absolute atomic E-state index is 0.186. The summed E-state index contributed by atoms with van der Waals surface area (Å²) in [5.74, 6) is -0.165. The number of anilines is 1. The Labute approximate surface area is 128 Å². The van der Waals surface area contributed by atoms with Gasteiger partial charge in [-0.15, -0.1) is 0 Å². The number of ether oxygens (including phenoxy) is 2. The fourth-order valence-electron chi connectivity index (χ4n) is 1.93. The second kappa shape index (κ2) is 6.50. The Morgan fingerprint density at radius 3 is 2.71 bits per heavy atom. The Morgan fingerprint density at radius 1 is 1.29 bits per heavy atom. The van der Waals surface area contributed by atoms with Gasteiger partial charge in [0.2, 0.25) is 0 Å². The van der Waals surface area contributed by atoms with Crippen molar-refractivity contribution in [2.45, 2.75) is 13.5 Å². The lowest BCUT2D eigenvalue weighted by molar-refractivity contribution is 0.0469. The number of carbonyl (C=O) groups is 1. The number of methoxy groups -OCH3 is 1. The molecule has 2 N–H and O–H groups in total. The van der Waals surface area contributed by atoms with Crippen LogP contribution in [0.1, 0.15) is 21.5 Å². The molecule has 0 aromatic heterocycles. The molecule has 0 saturated carbocycles. The third kappa shape index (κ3) is 3.67. The van der Waals surface area contributed by atoms with Crippen molar-refractivity contribution in [1.82, 2.24) is 0 Å². The standard InChI is InChI=1S/C16H16ClNO3/c1-10-4-3-5-11(6-10)9-21-16(19)12-7-13(17)14(18)8-15(12)20-2/h3-8H,9,18H2,1-2H3. The summed E-state index contributed by atoms with van der Waals surface area (Å²) in [4.78, 5) is 12.1. The van der Waals surface area contributed by atoms with Crippen molar-refractivity contribution in [3.05, 3.63) is 58.1 Å². The lowest BCUT2D eigenvalue weighted by Gasteiger charge is -2.11. The molecule has 2 aromatic carbocycles. The van der Waals surface area contributed by atoms with E-state index in [9.17, 15) is 4.79 Å². The van der Waals surface area contributed by atoms with E-state index < -0.39 is 5.97 Å². The van der Waals surface area contributed by atoms with Crippen LogP contribution < -0.4 is 10.5 Å². The molecule has 110 valence electrons. The van der Waals surface area contributed by atoms with E-state index in [2.05, 4.69) is 0 Å². The quantitative estimate of drug-likeness (QED) is 0.692. The molecule has 0 aliphatic rings. The molecule has 0 heterocycles. The number of hydrogen-bond acceptors (Lipinski definition) is 4. The highest BCUT2D eigenvalue weighted by Crippen LogP contribution is 2.29. The topological polar surface area (TPSA) is 61.5 Å². The van der Waals surface area contributed by atoms with Gasteiger partial charge in [0.25, 0.3) is 0 Å². The Bertz CT molecular complexity index is 671. The second-order valence-electron chi connectivity index (χ2n) is 4.64. The molecule has 0 saturated heterocycles. The van der Waals surface area contributed by atoms with Gasteiger partial charge in [-0.2, -0.15) is 0 Å². The van der Waals surface area contributed by atoms with Gasteiger partial charge < -0.3 is 15.2 Å². The highest BCUT2D eigenvalue weighted by atomic mass is 35.5. The number of benzene rings is 2. The minimum Gasteiger partial charge on any atom is -0.496 e. The van der Waals surface area contributed by atoms with Gasteiger partial charge in [-0.05, 0) is 18.6 Å². The fraction of sp³-hybridized carbons (Fsp3) is 0.188. The van der Waals surface area contributed by atoms with E-state index in [0.29, 0.717) is 16.5 Å². The van der Waals surface area contributed by atoms with Crippen molar-refractivity contribution in [3.8, 4) is 5.75 Å². The first-order valence-electron chi connectivity index (χ1n) is 6.37. The van der Waals surface area contributed by atoms with Crippen molar-refractivity contribution in [2.24, 2.45) is 0 Å². The molecule has 0 atom stereocenters. The molecule has 0 amide bonds. The summed E-state index contributed by atoms with van der Waals surface area (Å²) < 4.78 is 10.4. The molecule has 0 spiro atoms. The number of nitrogen functional groups attached to an aromatic ring is 1. The fourth-order valence-corrected chi connectivity index (χ4v) is 2.09. The maximum Gasteiger partial charge on any atom is 0.342 e. The summed E-state index contributed by atoms with van der Waals surface area (Å²) in [6.07, 6.45) is 0. The monoisotopic (exact) mass is 305 g/mol. The summed E-state index contributed by atoms with van der Waals surface area (Å²) in [7, 11) is 1.46. The molecule has 0 radical (unpaired) electrons. The zero-order valence-electron chi connectivity index (χ0n) is 11.9. The maximum absolute atomic E-state index is 12.1. The number of hydrogen-bond donors (Lipinski definition) is 1. The lowest BCUT2D eigenvalue weighted by Crippen LogP contribution is -2.08. The van der Waals surface area contributed by atoms with Gasteiger partial charge in [-0.3, -0.25) is 0 Å². The van der Waals surface area contributed by atoms with Crippen molar-refractivity contribution in [3.63, 3.8) is 0 Å². The zero-order valence-corrected chi connectivity index (χ0v) is 12.6. The molecule has 0 unspecified atom stereocenters. The number of aryl methyl sites for hydroxylation is 1. The molecule has 0 aliphatic carbocycles. The summed E-state index contributed by atoms with van der Waals surface area (Å²) in [5.41, 5.74) is 8.32. The second-order valence-corrected chi connectivity index (χ2v) is 5.05. The van der Waals surface area contributed by atoms with Crippen LogP contribution in [0.5, 0.6) is 5.75 Å². The average molecular weight is 306 g/mol. The molecule has 4 nitrogen and oxygen atoms in total. The van der Waals surface area contributed by atoms with Gasteiger partial charge in [0, 0.05) is 6.07 Å². The summed E-state index contributed by atoms with van der Waals surface area (Å²) in [6, 6.07) is 10.7. The zero-order chi connectivity index (χ0) is 15.4. The molecule has 0 aliphatic heterocycles. The Balaban J connectivity index is 2.15. The number of carbonyl (C=O) groups excluding carboxylic acids is 1. The molecule has 0 bridgehead atoms. The van der Waals surface area contributed by atoms with Crippen LogP contribution in [0, 0.1) is 6.92 Å². The number of esters is 1. The predicted molar refractivity (Wildman–Crippen MR) is 82.7 cm³/mol. The van der Waals surface area contributed by atoms with Gasteiger partial charge in [-0.25, -0.2) is 4.79 Å². The van der Waals surface area contributed by atoms with Crippen molar-refractivity contribution < 1.29 is 14.3 Å².